The first kappa shape index (κ1) is 16.6. The van der Waals surface area contributed by atoms with Gasteiger partial charge in [0.2, 0.25) is 0 Å². The monoisotopic (exact) mass is 298 g/mol. The van der Waals surface area contributed by atoms with Crippen LogP contribution in [-0.4, -0.2) is 66.9 Å². The fourth-order valence-corrected chi connectivity index (χ4v) is 2.97. The second-order valence-electron chi connectivity index (χ2n) is 7.31. The minimum atomic E-state index is -0.432. The number of amides is 1. The van der Waals surface area contributed by atoms with Gasteiger partial charge in [-0.15, -0.1) is 0 Å². The Morgan fingerprint density at radius 2 is 1.81 bits per heavy atom. The van der Waals surface area contributed by atoms with Crippen molar-refractivity contribution < 1.29 is 14.3 Å². The summed E-state index contributed by atoms with van der Waals surface area (Å²) >= 11 is 0. The normalized spacial score (nSPS) is 25.3. The van der Waals surface area contributed by atoms with Gasteiger partial charge in [0.25, 0.3) is 0 Å². The molecule has 2 fully saturated rings. The predicted molar refractivity (Wildman–Crippen MR) is 82.4 cm³/mol. The lowest BCUT2D eigenvalue weighted by molar-refractivity contribution is -0.0214. The van der Waals surface area contributed by atoms with E-state index < -0.39 is 5.60 Å². The van der Waals surface area contributed by atoms with E-state index in [1.165, 1.54) is 0 Å². The van der Waals surface area contributed by atoms with E-state index in [4.69, 9.17) is 9.47 Å². The van der Waals surface area contributed by atoms with Crippen LogP contribution in [0.4, 0.5) is 4.79 Å². The maximum Gasteiger partial charge on any atom is 0.410 e. The van der Waals surface area contributed by atoms with Crippen LogP contribution in [0.25, 0.3) is 0 Å². The highest BCUT2D eigenvalue weighted by atomic mass is 16.6. The molecule has 5 nitrogen and oxygen atoms in total. The molecule has 2 aliphatic heterocycles. The molecule has 5 heteroatoms. The second kappa shape index (κ2) is 6.97. The van der Waals surface area contributed by atoms with Gasteiger partial charge >= 0.3 is 6.09 Å². The van der Waals surface area contributed by atoms with Crippen molar-refractivity contribution in [3.8, 4) is 0 Å². The molecule has 122 valence electrons. The molecule has 0 N–H and O–H groups in total. The van der Waals surface area contributed by atoms with Gasteiger partial charge in [0.05, 0.1) is 18.8 Å². The summed E-state index contributed by atoms with van der Waals surface area (Å²) in [6, 6.07) is 0.180. The van der Waals surface area contributed by atoms with Crippen LogP contribution >= 0.6 is 0 Å². The Hall–Kier alpha value is -0.810. The molecule has 0 radical (unpaired) electrons. The van der Waals surface area contributed by atoms with Crippen molar-refractivity contribution in [2.75, 3.05) is 33.3 Å². The third kappa shape index (κ3) is 5.15. The molecular weight excluding hydrogens is 268 g/mol. The summed E-state index contributed by atoms with van der Waals surface area (Å²) in [5, 5.41) is 0. The zero-order valence-electron chi connectivity index (χ0n) is 13.9. The van der Waals surface area contributed by atoms with E-state index in [2.05, 4.69) is 11.9 Å². The molecule has 2 aliphatic rings. The van der Waals surface area contributed by atoms with Gasteiger partial charge in [0.15, 0.2) is 0 Å². The topological polar surface area (TPSA) is 42.0 Å². The number of nitrogens with zero attached hydrogens (tertiary/aromatic N) is 2. The molecular formula is C16H30N2O3. The van der Waals surface area contributed by atoms with Gasteiger partial charge < -0.3 is 19.3 Å². The number of carbonyl (C=O) groups excluding carboxylic acids is 1. The van der Waals surface area contributed by atoms with Crippen LogP contribution in [0, 0.1) is 0 Å². The standard InChI is InChI=1S/C16H30N2O3/c1-16(2,3)21-15(19)18-9-5-6-13(18)12-20-14-7-10-17(4)11-8-14/h13-14H,5-12H2,1-4H3/t13-/m0/s1. The number of carbonyl (C=O) groups is 1. The predicted octanol–water partition coefficient (Wildman–Crippen LogP) is 2.50. The fraction of sp³-hybridized carbons (Fsp3) is 0.938. The number of piperidine rings is 1. The average Bonchev–Trinajstić information content (AvgIpc) is 2.84. The zero-order chi connectivity index (χ0) is 15.5. The van der Waals surface area contributed by atoms with Crippen LogP contribution in [0.15, 0.2) is 0 Å². The van der Waals surface area contributed by atoms with Crippen LogP contribution in [0.5, 0.6) is 0 Å². The molecule has 2 rings (SSSR count). The zero-order valence-corrected chi connectivity index (χ0v) is 13.9. The largest absolute Gasteiger partial charge is 0.444 e. The van der Waals surface area contributed by atoms with Crippen molar-refractivity contribution in [2.24, 2.45) is 0 Å². The Balaban J connectivity index is 1.78. The summed E-state index contributed by atoms with van der Waals surface area (Å²) in [6.45, 7) is 9.36. The Bertz CT molecular complexity index is 346. The molecule has 0 aromatic heterocycles. The van der Waals surface area contributed by atoms with E-state index >= 15 is 0 Å². The molecule has 0 spiro atoms. The highest BCUT2D eigenvalue weighted by Gasteiger charge is 2.33. The highest BCUT2D eigenvalue weighted by molar-refractivity contribution is 5.68. The molecule has 0 unspecified atom stereocenters. The number of ether oxygens (including phenoxy) is 2. The van der Waals surface area contributed by atoms with Crippen molar-refractivity contribution in [3.05, 3.63) is 0 Å². The van der Waals surface area contributed by atoms with Crippen molar-refractivity contribution in [1.82, 2.24) is 9.80 Å². The lowest BCUT2D eigenvalue weighted by Gasteiger charge is -2.32. The Morgan fingerprint density at radius 3 is 2.43 bits per heavy atom. The van der Waals surface area contributed by atoms with Gasteiger partial charge in [-0.05, 0) is 53.5 Å². The van der Waals surface area contributed by atoms with E-state index in [1.807, 2.05) is 25.7 Å². The minimum Gasteiger partial charge on any atom is -0.444 e. The third-order valence-electron chi connectivity index (χ3n) is 4.20. The lowest BCUT2D eigenvalue weighted by atomic mass is 10.1. The van der Waals surface area contributed by atoms with Gasteiger partial charge in [0, 0.05) is 19.6 Å². The molecule has 0 bridgehead atoms. The number of rotatable bonds is 3. The molecule has 21 heavy (non-hydrogen) atoms. The summed E-state index contributed by atoms with van der Waals surface area (Å²) < 4.78 is 11.5. The Morgan fingerprint density at radius 1 is 1.14 bits per heavy atom. The summed E-state index contributed by atoms with van der Waals surface area (Å²) in [4.78, 5) is 16.4. The molecule has 0 aromatic carbocycles. The van der Waals surface area contributed by atoms with E-state index in [-0.39, 0.29) is 12.1 Å². The molecule has 0 aliphatic carbocycles. The van der Waals surface area contributed by atoms with Crippen LogP contribution < -0.4 is 0 Å². The molecule has 2 saturated heterocycles. The quantitative estimate of drug-likeness (QED) is 0.803. The number of likely N-dealkylation sites (tertiary alicyclic amines) is 2. The summed E-state index contributed by atoms with van der Waals surface area (Å²) in [5.41, 5.74) is -0.432. The average molecular weight is 298 g/mol. The molecule has 2 heterocycles. The van der Waals surface area contributed by atoms with Gasteiger partial charge in [0.1, 0.15) is 5.60 Å². The van der Waals surface area contributed by atoms with Crippen molar-refractivity contribution in [1.29, 1.82) is 0 Å². The minimum absolute atomic E-state index is 0.180. The van der Waals surface area contributed by atoms with Crippen molar-refractivity contribution in [2.45, 2.75) is 64.2 Å². The number of hydrogen-bond donors (Lipinski definition) is 0. The summed E-state index contributed by atoms with van der Waals surface area (Å²) in [7, 11) is 2.15. The van der Waals surface area contributed by atoms with Crippen LogP contribution in [0.1, 0.15) is 46.5 Å². The van der Waals surface area contributed by atoms with Gasteiger partial charge in [-0.3, -0.25) is 0 Å². The van der Waals surface area contributed by atoms with Gasteiger partial charge in [-0.25, -0.2) is 4.79 Å². The second-order valence-corrected chi connectivity index (χ2v) is 7.31. The van der Waals surface area contributed by atoms with E-state index in [9.17, 15) is 4.79 Å². The Kier molecular flexibility index (Phi) is 5.49. The third-order valence-corrected chi connectivity index (χ3v) is 4.20. The SMILES string of the molecule is CN1CCC(OC[C@@H]2CCCN2C(=O)OC(C)(C)C)CC1. The van der Waals surface area contributed by atoms with E-state index in [1.54, 1.807) is 0 Å². The first-order valence-electron chi connectivity index (χ1n) is 8.15. The number of hydrogen-bond acceptors (Lipinski definition) is 4. The van der Waals surface area contributed by atoms with Crippen LogP contribution in [-0.2, 0) is 9.47 Å². The van der Waals surface area contributed by atoms with Gasteiger partial charge in [-0.1, -0.05) is 0 Å². The maximum absolute atomic E-state index is 12.2. The fourth-order valence-electron chi connectivity index (χ4n) is 2.97. The van der Waals surface area contributed by atoms with Gasteiger partial charge in [-0.2, -0.15) is 0 Å². The highest BCUT2D eigenvalue weighted by Crippen LogP contribution is 2.22. The van der Waals surface area contributed by atoms with Crippen molar-refractivity contribution in [3.63, 3.8) is 0 Å². The lowest BCUT2D eigenvalue weighted by Crippen LogP contribution is -2.43. The maximum atomic E-state index is 12.2. The summed E-state index contributed by atoms with van der Waals surface area (Å²) in [6.07, 6.45) is 4.40. The molecule has 0 saturated carbocycles. The molecule has 1 atom stereocenters. The van der Waals surface area contributed by atoms with Crippen LogP contribution in [0.3, 0.4) is 0 Å². The Labute approximate surface area is 128 Å². The van der Waals surface area contributed by atoms with Crippen LogP contribution in [0.2, 0.25) is 0 Å². The smallest absolute Gasteiger partial charge is 0.410 e. The van der Waals surface area contributed by atoms with Crippen molar-refractivity contribution >= 4 is 6.09 Å². The molecule has 0 aromatic rings. The summed E-state index contributed by atoms with van der Waals surface area (Å²) in [5.74, 6) is 0. The molecule has 1 amide bonds. The first-order valence-corrected chi connectivity index (χ1v) is 8.15. The van der Waals surface area contributed by atoms with E-state index in [0.717, 1.165) is 45.3 Å². The first-order chi connectivity index (χ1) is 9.85. The van der Waals surface area contributed by atoms with E-state index in [0.29, 0.717) is 12.7 Å².